The Labute approximate surface area is 139 Å². The minimum Gasteiger partial charge on any atom is -0.497 e. The van der Waals surface area contributed by atoms with Crippen LogP contribution in [0.1, 0.15) is 39.0 Å². The van der Waals surface area contributed by atoms with Crippen LogP contribution in [0.4, 0.5) is 0 Å². The number of ketones is 1. The number of ether oxygens (including phenoxy) is 2. The lowest BCUT2D eigenvalue weighted by atomic mass is 10.0. The fourth-order valence-corrected chi connectivity index (χ4v) is 2.81. The van der Waals surface area contributed by atoms with Gasteiger partial charge in [0.05, 0.1) is 19.3 Å². The Hall–Kier alpha value is -2.21. The lowest BCUT2D eigenvalue weighted by Gasteiger charge is -2.06. The standard InChI is InChI=1S/C17H18O5S/c1-5-21-16(19)13-10(2)22-17(23-4)14(13)15(18)11-6-8-12(20-3)9-7-11/h6-9H,5H2,1-4H3. The summed E-state index contributed by atoms with van der Waals surface area (Å²) in [5, 5.41) is 0.409. The molecule has 0 saturated carbocycles. The van der Waals surface area contributed by atoms with Gasteiger partial charge in [0, 0.05) is 5.56 Å². The summed E-state index contributed by atoms with van der Waals surface area (Å²) >= 11 is 1.28. The van der Waals surface area contributed by atoms with Crippen molar-refractivity contribution < 1.29 is 23.5 Å². The molecule has 5 nitrogen and oxygen atoms in total. The van der Waals surface area contributed by atoms with Crippen LogP contribution in [0.2, 0.25) is 0 Å². The number of hydrogen-bond acceptors (Lipinski definition) is 6. The third-order valence-electron chi connectivity index (χ3n) is 3.30. The van der Waals surface area contributed by atoms with Crippen molar-refractivity contribution in [2.75, 3.05) is 20.0 Å². The highest BCUT2D eigenvalue weighted by atomic mass is 32.2. The number of aryl methyl sites for hydroxylation is 1. The number of rotatable bonds is 6. The first-order valence-corrected chi connectivity index (χ1v) is 8.29. The summed E-state index contributed by atoms with van der Waals surface area (Å²) in [7, 11) is 1.56. The van der Waals surface area contributed by atoms with Crippen LogP contribution in [-0.4, -0.2) is 31.7 Å². The van der Waals surface area contributed by atoms with Crippen LogP contribution in [0.15, 0.2) is 33.8 Å². The molecule has 0 bridgehead atoms. The zero-order valence-corrected chi connectivity index (χ0v) is 14.3. The van der Waals surface area contributed by atoms with Crippen molar-refractivity contribution >= 4 is 23.5 Å². The molecule has 122 valence electrons. The quantitative estimate of drug-likeness (QED) is 0.456. The molecule has 2 aromatic rings. The van der Waals surface area contributed by atoms with Gasteiger partial charge in [-0.15, -0.1) is 0 Å². The Balaban J connectivity index is 2.51. The topological polar surface area (TPSA) is 65.7 Å². The van der Waals surface area contributed by atoms with E-state index in [0.29, 0.717) is 22.2 Å². The molecule has 0 saturated heterocycles. The maximum Gasteiger partial charge on any atom is 0.342 e. The maximum absolute atomic E-state index is 12.8. The number of carbonyl (C=O) groups is 2. The first-order valence-electron chi connectivity index (χ1n) is 7.06. The average Bonchev–Trinajstić information content (AvgIpc) is 2.91. The fourth-order valence-electron chi connectivity index (χ4n) is 2.20. The van der Waals surface area contributed by atoms with Gasteiger partial charge in [-0.2, -0.15) is 0 Å². The van der Waals surface area contributed by atoms with E-state index in [1.807, 2.05) is 0 Å². The first kappa shape index (κ1) is 17.1. The van der Waals surface area contributed by atoms with Crippen LogP contribution in [-0.2, 0) is 4.74 Å². The zero-order valence-electron chi connectivity index (χ0n) is 13.5. The smallest absolute Gasteiger partial charge is 0.342 e. The molecule has 0 amide bonds. The highest BCUT2D eigenvalue weighted by molar-refractivity contribution is 7.98. The summed E-state index contributed by atoms with van der Waals surface area (Å²) in [4.78, 5) is 25.0. The van der Waals surface area contributed by atoms with E-state index in [-0.39, 0.29) is 23.5 Å². The first-order chi connectivity index (χ1) is 11.0. The molecule has 6 heteroatoms. The average molecular weight is 334 g/mol. The molecule has 2 rings (SSSR count). The fraction of sp³-hybridized carbons (Fsp3) is 0.294. The molecule has 0 unspecified atom stereocenters. The lowest BCUT2D eigenvalue weighted by molar-refractivity contribution is 0.0522. The van der Waals surface area contributed by atoms with E-state index >= 15 is 0 Å². The molecule has 0 aliphatic rings. The Morgan fingerprint density at radius 2 is 1.83 bits per heavy atom. The SMILES string of the molecule is CCOC(=O)c1c(C)oc(SC)c1C(=O)c1ccc(OC)cc1. The van der Waals surface area contributed by atoms with Gasteiger partial charge in [-0.3, -0.25) is 4.79 Å². The second-order valence-electron chi connectivity index (χ2n) is 4.68. The van der Waals surface area contributed by atoms with Gasteiger partial charge in [0.2, 0.25) is 0 Å². The molecule has 0 atom stereocenters. The van der Waals surface area contributed by atoms with Crippen molar-refractivity contribution in [3.8, 4) is 5.75 Å². The van der Waals surface area contributed by atoms with Gasteiger partial charge in [0.15, 0.2) is 10.9 Å². The second kappa shape index (κ2) is 7.37. The number of thioether (sulfide) groups is 1. The number of esters is 1. The molecular formula is C17H18O5S. The zero-order chi connectivity index (χ0) is 17.0. The molecule has 1 heterocycles. The van der Waals surface area contributed by atoms with Gasteiger partial charge in [-0.05, 0) is 44.4 Å². The predicted octanol–water partition coefficient (Wildman–Crippen LogP) is 3.73. The van der Waals surface area contributed by atoms with Gasteiger partial charge in [-0.25, -0.2) is 4.79 Å². The van der Waals surface area contributed by atoms with Crippen molar-refractivity contribution in [1.29, 1.82) is 0 Å². The molecule has 0 spiro atoms. The molecule has 23 heavy (non-hydrogen) atoms. The van der Waals surface area contributed by atoms with Crippen molar-refractivity contribution in [2.45, 2.75) is 18.9 Å². The van der Waals surface area contributed by atoms with Crippen LogP contribution in [0.5, 0.6) is 5.75 Å². The van der Waals surface area contributed by atoms with Crippen LogP contribution in [0, 0.1) is 6.92 Å². The third-order valence-corrected chi connectivity index (χ3v) is 3.95. The van der Waals surface area contributed by atoms with Crippen molar-refractivity contribution in [3.05, 3.63) is 46.7 Å². The highest BCUT2D eigenvalue weighted by Gasteiger charge is 2.29. The number of benzene rings is 1. The van der Waals surface area contributed by atoms with E-state index in [0.717, 1.165) is 0 Å². The summed E-state index contributed by atoms with van der Waals surface area (Å²) in [5.41, 5.74) is 0.892. The largest absolute Gasteiger partial charge is 0.497 e. The van der Waals surface area contributed by atoms with Gasteiger partial charge in [-0.1, -0.05) is 11.8 Å². The molecule has 0 radical (unpaired) electrons. The summed E-state index contributed by atoms with van der Waals surface area (Å²) in [6.45, 7) is 3.60. The van der Waals surface area contributed by atoms with Crippen LogP contribution >= 0.6 is 11.8 Å². The molecule has 0 fully saturated rings. The van der Waals surface area contributed by atoms with Crippen LogP contribution in [0.3, 0.4) is 0 Å². The Bertz CT molecular complexity index is 715. The van der Waals surface area contributed by atoms with Crippen molar-refractivity contribution in [3.63, 3.8) is 0 Å². The molecular weight excluding hydrogens is 316 g/mol. The Kier molecular flexibility index (Phi) is 5.50. The van der Waals surface area contributed by atoms with Gasteiger partial charge < -0.3 is 13.9 Å². The number of furan rings is 1. The molecule has 0 aliphatic heterocycles. The van der Waals surface area contributed by atoms with Gasteiger partial charge in [0.1, 0.15) is 17.1 Å². The number of carbonyl (C=O) groups excluding carboxylic acids is 2. The summed E-state index contributed by atoms with van der Waals surface area (Å²) < 4.78 is 15.7. The minimum absolute atomic E-state index is 0.192. The van der Waals surface area contributed by atoms with E-state index in [1.54, 1.807) is 51.5 Å². The normalized spacial score (nSPS) is 10.4. The minimum atomic E-state index is -0.550. The monoisotopic (exact) mass is 334 g/mol. The molecule has 0 aliphatic carbocycles. The summed E-state index contributed by atoms with van der Waals surface area (Å²) in [6, 6.07) is 6.71. The lowest BCUT2D eigenvalue weighted by Crippen LogP contribution is -2.12. The summed E-state index contributed by atoms with van der Waals surface area (Å²) in [6.07, 6.45) is 1.79. The van der Waals surface area contributed by atoms with Crippen LogP contribution in [0.25, 0.3) is 0 Å². The molecule has 1 aromatic carbocycles. The van der Waals surface area contributed by atoms with Gasteiger partial charge in [0.25, 0.3) is 0 Å². The third kappa shape index (κ3) is 3.42. The molecule has 1 aromatic heterocycles. The highest BCUT2D eigenvalue weighted by Crippen LogP contribution is 2.32. The number of methoxy groups -OCH3 is 1. The number of hydrogen-bond donors (Lipinski definition) is 0. The van der Waals surface area contributed by atoms with E-state index in [9.17, 15) is 9.59 Å². The van der Waals surface area contributed by atoms with Gasteiger partial charge >= 0.3 is 5.97 Å². The molecule has 0 N–H and O–H groups in total. The van der Waals surface area contributed by atoms with Crippen molar-refractivity contribution in [1.82, 2.24) is 0 Å². The second-order valence-corrected chi connectivity index (χ2v) is 5.46. The predicted molar refractivity (Wildman–Crippen MR) is 87.6 cm³/mol. The van der Waals surface area contributed by atoms with E-state index < -0.39 is 5.97 Å². The Morgan fingerprint density at radius 3 is 2.35 bits per heavy atom. The maximum atomic E-state index is 12.8. The van der Waals surface area contributed by atoms with E-state index in [2.05, 4.69) is 0 Å². The van der Waals surface area contributed by atoms with Crippen LogP contribution < -0.4 is 4.74 Å². The van der Waals surface area contributed by atoms with E-state index in [4.69, 9.17) is 13.9 Å². The Morgan fingerprint density at radius 1 is 1.17 bits per heavy atom. The van der Waals surface area contributed by atoms with Crippen molar-refractivity contribution in [2.24, 2.45) is 0 Å². The summed E-state index contributed by atoms with van der Waals surface area (Å²) in [5.74, 6) is 0.202. The van der Waals surface area contributed by atoms with E-state index in [1.165, 1.54) is 11.8 Å².